The quantitative estimate of drug-likeness (QED) is 0.802. The fourth-order valence-electron chi connectivity index (χ4n) is 2.34. The molecule has 0 fully saturated rings. The Morgan fingerprint density at radius 2 is 1.40 bits per heavy atom. The lowest BCUT2D eigenvalue weighted by atomic mass is 9.97. The smallest absolute Gasteiger partial charge is 0.154 e. The minimum atomic E-state index is -0.0717. The van der Waals surface area contributed by atoms with Crippen LogP contribution in [-0.2, 0) is 17.6 Å². The summed E-state index contributed by atoms with van der Waals surface area (Å²) in [6.45, 7) is 0. The molecule has 0 amide bonds. The molecule has 0 aliphatic carbocycles. The Hall–Kier alpha value is -1.93. The summed E-state index contributed by atoms with van der Waals surface area (Å²) in [5, 5.41) is 0. The lowest BCUT2D eigenvalue weighted by Crippen LogP contribution is -2.38. The molecule has 20 heavy (non-hydrogen) atoms. The third-order valence-electron chi connectivity index (χ3n) is 3.49. The Bertz CT molecular complexity index is 534. The number of benzene rings is 2. The fourth-order valence-corrected chi connectivity index (χ4v) is 2.34. The maximum atomic E-state index is 12.5. The second-order valence-electron chi connectivity index (χ2n) is 5.30. The second-order valence-corrected chi connectivity index (χ2v) is 5.30. The Morgan fingerprint density at radius 3 is 1.90 bits per heavy atom. The molecule has 0 saturated heterocycles. The van der Waals surface area contributed by atoms with Gasteiger partial charge in [-0.2, -0.15) is 0 Å². The lowest BCUT2D eigenvalue weighted by Gasteiger charge is -2.23. The molecular formula is C18H21NO. The van der Waals surface area contributed by atoms with Gasteiger partial charge in [0.2, 0.25) is 0 Å². The first-order valence-corrected chi connectivity index (χ1v) is 6.94. The molecule has 1 unspecified atom stereocenters. The molecule has 0 spiro atoms. The normalized spacial score (nSPS) is 12.3. The van der Waals surface area contributed by atoms with Crippen molar-refractivity contribution in [1.82, 2.24) is 4.90 Å². The molecule has 2 heteroatoms. The lowest BCUT2D eigenvalue weighted by molar-refractivity contribution is -0.122. The highest BCUT2D eigenvalue weighted by Crippen LogP contribution is 2.11. The average Bonchev–Trinajstić information content (AvgIpc) is 2.46. The summed E-state index contributed by atoms with van der Waals surface area (Å²) in [7, 11) is 3.94. The van der Waals surface area contributed by atoms with Gasteiger partial charge in [-0.1, -0.05) is 60.7 Å². The van der Waals surface area contributed by atoms with Crippen molar-refractivity contribution >= 4 is 5.78 Å². The number of nitrogens with zero attached hydrogens (tertiary/aromatic N) is 1. The average molecular weight is 267 g/mol. The van der Waals surface area contributed by atoms with Crippen molar-refractivity contribution in [3.05, 3.63) is 71.8 Å². The van der Waals surface area contributed by atoms with Crippen LogP contribution in [-0.4, -0.2) is 30.8 Å². The molecule has 0 aliphatic heterocycles. The van der Waals surface area contributed by atoms with E-state index in [1.807, 2.05) is 67.5 Å². The molecule has 104 valence electrons. The van der Waals surface area contributed by atoms with Crippen molar-refractivity contribution in [2.24, 2.45) is 0 Å². The number of Topliss-reactive ketones (excluding diaryl/α,β-unsaturated/α-hetero) is 1. The van der Waals surface area contributed by atoms with Crippen LogP contribution < -0.4 is 0 Å². The van der Waals surface area contributed by atoms with Gasteiger partial charge in [0.05, 0.1) is 6.04 Å². The van der Waals surface area contributed by atoms with E-state index in [1.54, 1.807) is 0 Å². The Labute approximate surface area is 121 Å². The number of rotatable bonds is 6. The number of likely N-dealkylation sites (N-methyl/N-ethyl adjacent to an activating group) is 1. The number of ketones is 1. The van der Waals surface area contributed by atoms with E-state index in [1.165, 1.54) is 5.56 Å². The zero-order chi connectivity index (χ0) is 14.4. The summed E-state index contributed by atoms with van der Waals surface area (Å²) in [6, 6.07) is 20.1. The highest BCUT2D eigenvalue weighted by molar-refractivity contribution is 5.86. The van der Waals surface area contributed by atoms with Gasteiger partial charge in [0.25, 0.3) is 0 Å². The number of hydrogen-bond donors (Lipinski definition) is 0. The third kappa shape index (κ3) is 4.04. The van der Waals surface area contributed by atoms with Gasteiger partial charge in [0.15, 0.2) is 5.78 Å². The molecule has 0 radical (unpaired) electrons. The van der Waals surface area contributed by atoms with E-state index in [4.69, 9.17) is 0 Å². The van der Waals surface area contributed by atoms with Gasteiger partial charge in [0, 0.05) is 6.42 Å². The van der Waals surface area contributed by atoms with Crippen LogP contribution in [0, 0.1) is 0 Å². The van der Waals surface area contributed by atoms with E-state index in [9.17, 15) is 4.79 Å². The molecule has 0 aliphatic rings. The van der Waals surface area contributed by atoms with Gasteiger partial charge < -0.3 is 0 Å². The van der Waals surface area contributed by atoms with Gasteiger partial charge >= 0.3 is 0 Å². The van der Waals surface area contributed by atoms with Crippen LogP contribution in [0.5, 0.6) is 0 Å². The largest absolute Gasteiger partial charge is 0.299 e. The van der Waals surface area contributed by atoms with Crippen molar-refractivity contribution in [2.75, 3.05) is 14.1 Å². The standard InChI is InChI=1S/C18H21NO/c1-19(2)17(13-15-9-5-3-6-10-15)18(20)14-16-11-7-4-8-12-16/h3-12,17H,13-14H2,1-2H3. The van der Waals surface area contributed by atoms with Crippen molar-refractivity contribution in [2.45, 2.75) is 18.9 Å². The number of carbonyl (C=O) groups is 1. The van der Waals surface area contributed by atoms with Gasteiger partial charge in [0.1, 0.15) is 0 Å². The van der Waals surface area contributed by atoms with Crippen molar-refractivity contribution in [3.63, 3.8) is 0 Å². The molecule has 0 bridgehead atoms. The molecule has 0 saturated carbocycles. The topological polar surface area (TPSA) is 20.3 Å². The molecule has 2 rings (SSSR count). The van der Waals surface area contributed by atoms with Gasteiger partial charge in [-0.15, -0.1) is 0 Å². The van der Waals surface area contributed by atoms with Crippen LogP contribution in [0.1, 0.15) is 11.1 Å². The predicted octanol–water partition coefficient (Wildman–Crippen LogP) is 2.97. The summed E-state index contributed by atoms with van der Waals surface area (Å²) in [5.74, 6) is 0.269. The van der Waals surface area contributed by atoms with Crippen molar-refractivity contribution < 1.29 is 4.79 Å². The molecule has 2 nitrogen and oxygen atoms in total. The molecule has 0 heterocycles. The highest BCUT2D eigenvalue weighted by Gasteiger charge is 2.21. The van der Waals surface area contributed by atoms with E-state index in [-0.39, 0.29) is 11.8 Å². The molecule has 2 aromatic rings. The van der Waals surface area contributed by atoms with Gasteiger partial charge in [-0.3, -0.25) is 9.69 Å². The fraction of sp³-hybridized carbons (Fsp3) is 0.278. The molecular weight excluding hydrogens is 246 g/mol. The first-order chi connectivity index (χ1) is 9.66. The third-order valence-corrected chi connectivity index (χ3v) is 3.49. The van der Waals surface area contributed by atoms with Crippen LogP contribution in [0.3, 0.4) is 0 Å². The van der Waals surface area contributed by atoms with Gasteiger partial charge in [-0.05, 0) is 31.6 Å². The predicted molar refractivity (Wildman–Crippen MR) is 82.8 cm³/mol. The SMILES string of the molecule is CN(C)C(Cc1ccccc1)C(=O)Cc1ccccc1. The maximum absolute atomic E-state index is 12.5. The van der Waals surface area contributed by atoms with E-state index >= 15 is 0 Å². The van der Waals surface area contributed by atoms with E-state index in [0.717, 1.165) is 12.0 Å². The monoisotopic (exact) mass is 267 g/mol. The van der Waals surface area contributed by atoms with Gasteiger partial charge in [-0.25, -0.2) is 0 Å². The summed E-state index contributed by atoms with van der Waals surface area (Å²) < 4.78 is 0. The van der Waals surface area contributed by atoms with Crippen LogP contribution in [0.15, 0.2) is 60.7 Å². The van der Waals surface area contributed by atoms with E-state index in [0.29, 0.717) is 6.42 Å². The minimum absolute atomic E-state index is 0.0717. The Morgan fingerprint density at radius 1 is 0.900 bits per heavy atom. The highest BCUT2D eigenvalue weighted by atomic mass is 16.1. The first kappa shape index (κ1) is 14.5. The second kappa shape index (κ2) is 7.01. The Balaban J connectivity index is 2.07. The summed E-state index contributed by atoms with van der Waals surface area (Å²) >= 11 is 0. The van der Waals surface area contributed by atoms with Crippen molar-refractivity contribution in [3.8, 4) is 0 Å². The van der Waals surface area contributed by atoms with Crippen molar-refractivity contribution in [1.29, 1.82) is 0 Å². The minimum Gasteiger partial charge on any atom is -0.299 e. The molecule has 2 aromatic carbocycles. The van der Waals surface area contributed by atoms with Crippen LogP contribution in [0.4, 0.5) is 0 Å². The summed E-state index contributed by atoms with van der Waals surface area (Å²) in [5.41, 5.74) is 2.28. The zero-order valence-electron chi connectivity index (χ0n) is 12.1. The number of hydrogen-bond acceptors (Lipinski definition) is 2. The Kier molecular flexibility index (Phi) is 5.08. The molecule has 0 aromatic heterocycles. The number of carbonyl (C=O) groups excluding carboxylic acids is 1. The van der Waals surface area contributed by atoms with E-state index in [2.05, 4.69) is 12.1 Å². The van der Waals surface area contributed by atoms with Crippen LogP contribution >= 0.6 is 0 Å². The zero-order valence-corrected chi connectivity index (χ0v) is 12.1. The first-order valence-electron chi connectivity index (χ1n) is 6.94. The maximum Gasteiger partial charge on any atom is 0.154 e. The summed E-state index contributed by atoms with van der Waals surface area (Å²) in [6.07, 6.45) is 1.26. The summed E-state index contributed by atoms with van der Waals surface area (Å²) in [4.78, 5) is 14.5. The van der Waals surface area contributed by atoms with Crippen LogP contribution in [0.25, 0.3) is 0 Å². The van der Waals surface area contributed by atoms with E-state index < -0.39 is 0 Å². The molecule has 1 atom stereocenters. The molecule has 0 N–H and O–H groups in total. The van der Waals surface area contributed by atoms with Crippen LogP contribution in [0.2, 0.25) is 0 Å².